The molecule has 16 heavy (non-hydrogen) atoms. The smallest absolute Gasteiger partial charge is 0.324 e. The molecule has 0 saturated heterocycles. The number of nitrogens with two attached hydrogens (primary N) is 1. The summed E-state index contributed by atoms with van der Waals surface area (Å²) in [5, 5.41) is 0. The van der Waals surface area contributed by atoms with Gasteiger partial charge in [-0.15, -0.1) is 0 Å². The van der Waals surface area contributed by atoms with E-state index in [-0.39, 0.29) is 0 Å². The van der Waals surface area contributed by atoms with Crippen LogP contribution in [0.15, 0.2) is 24.3 Å². The first-order chi connectivity index (χ1) is 7.47. The summed E-state index contributed by atoms with van der Waals surface area (Å²) in [7, 11) is 0. The average molecular weight is 229 g/mol. The Labute approximate surface area is 92.5 Å². The lowest BCUT2D eigenvalue weighted by Gasteiger charge is -2.17. The normalized spacial score (nSPS) is 18.5. The van der Waals surface area contributed by atoms with E-state index in [0.717, 1.165) is 18.4 Å². The summed E-state index contributed by atoms with van der Waals surface area (Å²) in [6.07, 6.45) is -3.02. The third kappa shape index (κ3) is 2.76. The Balaban J connectivity index is 2.18. The van der Waals surface area contributed by atoms with Crippen molar-refractivity contribution in [3.8, 4) is 0 Å². The van der Waals surface area contributed by atoms with Crippen molar-refractivity contribution in [3.05, 3.63) is 35.4 Å². The minimum absolute atomic E-state index is 0.426. The quantitative estimate of drug-likeness (QED) is 0.843. The molecule has 2 rings (SSSR count). The lowest BCUT2D eigenvalue weighted by atomic mass is 9.96. The summed E-state index contributed by atoms with van der Waals surface area (Å²) in [4.78, 5) is 0. The third-order valence-corrected chi connectivity index (χ3v) is 2.86. The molecule has 0 aliphatic heterocycles. The maximum atomic E-state index is 12.3. The van der Waals surface area contributed by atoms with E-state index in [1.165, 1.54) is 0 Å². The molecular formula is C12H14F3N. The van der Waals surface area contributed by atoms with Crippen LogP contribution in [0.25, 0.3) is 0 Å². The van der Waals surface area contributed by atoms with Crippen LogP contribution in [0.4, 0.5) is 13.2 Å². The zero-order valence-corrected chi connectivity index (χ0v) is 8.80. The van der Waals surface area contributed by atoms with Crippen LogP contribution in [0.1, 0.15) is 42.3 Å². The van der Waals surface area contributed by atoms with Crippen LogP contribution in [0.2, 0.25) is 0 Å². The highest BCUT2D eigenvalue weighted by molar-refractivity contribution is 5.35. The summed E-state index contributed by atoms with van der Waals surface area (Å²) in [5.74, 6) is 0.426. The molecule has 1 fully saturated rings. The number of hydrogen-bond donors (Lipinski definition) is 1. The number of hydrogen-bond acceptors (Lipinski definition) is 1. The molecule has 1 saturated carbocycles. The van der Waals surface area contributed by atoms with Crippen molar-refractivity contribution in [2.75, 3.05) is 0 Å². The summed E-state index contributed by atoms with van der Waals surface area (Å²) in [6, 6.07) is 6.28. The fourth-order valence-electron chi connectivity index (χ4n) is 1.97. The minimum atomic E-state index is -4.20. The van der Waals surface area contributed by atoms with Crippen molar-refractivity contribution in [2.24, 2.45) is 5.73 Å². The van der Waals surface area contributed by atoms with E-state index in [1.54, 1.807) is 12.1 Å². The van der Waals surface area contributed by atoms with Gasteiger partial charge in [0.15, 0.2) is 0 Å². The molecule has 1 aromatic carbocycles. The monoisotopic (exact) mass is 229 g/mol. The van der Waals surface area contributed by atoms with Gasteiger partial charge in [-0.1, -0.05) is 24.3 Å². The standard InChI is InChI=1S/C12H14F3N/c13-12(14,15)7-11(16)10-4-2-1-3-9(10)8-5-6-8/h1-4,8,11H,5-7,16H2/t11-/m0/s1. The van der Waals surface area contributed by atoms with E-state index in [9.17, 15) is 13.2 Å². The highest BCUT2D eigenvalue weighted by atomic mass is 19.4. The van der Waals surface area contributed by atoms with Gasteiger partial charge in [-0.25, -0.2) is 0 Å². The Kier molecular flexibility index (Phi) is 2.93. The van der Waals surface area contributed by atoms with E-state index < -0.39 is 18.6 Å². The van der Waals surface area contributed by atoms with Crippen molar-refractivity contribution in [3.63, 3.8) is 0 Å². The molecule has 1 aliphatic carbocycles. The molecule has 2 N–H and O–H groups in total. The second-order valence-electron chi connectivity index (χ2n) is 4.33. The molecule has 0 radical (unpaired) electrons. The molecule has 4 heteroatoms. The molecule has 88 valence electrons. The molecule has 1 atom stereocenters. The lowest BCUT2D eigenvalue weighted by Crippen LogP contribution is -2.21. The van der Waals surface area contributed by atoms with Crippen LogP contribution in [-0.4, -0.2) is 6.18 Å². The minimum Gasteiger partial charge on any atom is -0.324 e. The molecule has 0 spiro atoms. The van der Waals surface area contributed by atoms with Crippen molar-refractivity contribution in [1.29, 1.82) is 0 Å². The van der Waals surface area contributed by atoms with E-state index in [2.05, 4.69) is 0 Å². The molecule has 0 aromatic heterocycles. The fraction of sp³-hybridized carbons (Fsp3) is 0.500. The maximum Gasteiger partial charge on any atom is 0.390 e. The Morgan fingerprint density at radius 2 is 1.88 bits per heavy atom. The van der Waals surface area contributed by atoms with Crippen LogP contribution < -0.4 is 5.73 Å². The zero-order valence-electron chi connectivity index (χ0n) is 8.80. The number of alkyl halides is 3. The molecular weight excluding hydrogens is 215 g/mol. The second kappa shape index (κ2) is 4.09. The van der Waals surface area contributed by atoms with Gasteiger partial charge in [0.2, 0.25) is 0 Å². The van der Waals surface area contributed by atoms with Crippen molar-refractivity contribution >= 4 is 0 Å². The van der Waals surface area contributed by atoms with Gasteiger partial charge in [-0.3, -0.25) is 0 Å². The summed E-state index contributed by atoms with van der Waals surface area (Å²) < 4.78 is 36.8. The van der Waals surface area contributed by atoms with Gasteiger partial charge < -0.3 is 5.73 Å². The Morgan fingerprint density at radius 1 is 1.25 bits per heavy atom. The Morgan fingerprint density at radius 3 is 2.44 bits per heavy atom. The van der Waals surface area contributed by atoms with Gasteiger partial charge in [-0.05, 0) is 29.9 Å². The Hall–Kier alpha value is -1.03. The van der Waals surface area contributed by atoms with Crippen LogP contribution >= 0.6 is 0 Å². The Bertz CT molecular complexity index is 369. The van der Waals surface area contributed by atoms with Gasteiger partial charge in [0, 0.05) is 6.04 Å². The lowest BCUT2D eigenvalue weighted by molar-refractivity contribution is -0.138. The van der Waals surface area contributed by atoms with Crippen LogP contribution in [-0.2, 0) is 0 Å². The zero-order chi connectivity index (χ0) is 11.8. The predicted molar refractivity (Wildman–Crippen MR) is 56.0 cm³/mol. The first-order valence-corrected chi connectivity index (χ1v) is 5.38. The number of halogens is 3. The third-order valence-electron chi connectivity index (χ3n) is 2.86. The van der Waals surface area contributed by atoms with Crippen molar-refractivity contribution in [1.82, 2.24) is 0 Å². The van der Waals surface area contributed by atoms with Gasteiger partial charge in [0.25, 0.3) is 0 Å². The topological polar surface area (TPSA) is 26.0 Å². The first kappa shape index (κ1) is 11.5. The average Bonchev–Trinajstić information content (AvgIpc) is 2.98. The van der Waals surface area contributed by atoms with Gasteiger partial charge in [-0.2, -0.15) is 13.2 Å². The summed E-state index contributed by atoms with van der Waals surface area (Å²) >= 11 is 0. The number of rotatable bonds is 3. The van der Waals surface area contributed by atoms with E-state index >= 15 is 0 Å². The molecule has 0 amide bonds. The SMILES string of the molecule is N[C@@H](CC(F)(F)F)c1ccccc1C1CC1. The van der Waals surface area contributed by atoms with Crippen LogP contribution in [0.3, 0.4) is 0 Å². The maximum absolute atomic E-state index is 12.3. The molecule has 1 aromatic rings. The molecule has 1 nitrogen and oxygen atoms in total. The summed E-state index contributed by atoms with van der Waals surface area (Å²) in [5.41, 5.74) is 7.28. The van der Waals surface area contributed by atoms with Crippen molar-refractivity contribution < 1.29 is 13.2 Å². The van der Waals surface area contributed by atoms with Gasteiger partial charge in [0.1, 0.15) is 0 Å². The van der Waals surface area contributed by atoms with Crippen LogP contribution in [0.5, 0.6) is 0 Å². The molecule has 1 aliphatic rings. The van der Waals surface area contributed by atoms with Crippen LogP contribution in [0, 0.1) is 0 Å². The second-order valence-corrected chi connectivity index (χ2v) is 4.33. The highest BCUT2D eigenvalue weighted by Gasteiger charge is 2.33. The fourth-order valence-corrected chi connectivity index (χ4v) is 1.97. The van der Waals surface area contributed by atoms with Crippen molar-refractivity contribution in [2.45, 2.75) is 37.4 Å². The predicted octanol–water partition coefficient (Wildman–Crippen LogP) is 3.52. The summed E-state index contributed by atoms with van der Waals surface area (Å²) in [6.45, 7) is 0. The molecule has 0 bridgehead atoms. The van der Waals surface area contributed by atoms with Gasteiger partial charge >= 0.3 is 6.18 Å². The highest BCUT2D eigenvalue weighted by Crippen LogP contribution is 2.43. The number of benzene rings is 1. The largest absolute Gasteiger partial charge is 0.390 e. The van der Waals surface area contributed by atoms with Gasteiger partial charge in [0.05, 0.1) is 6.42 Å². The van der Waals surface area contributed by atoms with E-state index in [1.807, 2.05) is 12.1 Å². The first-order valence-electron chi connectivity index (χ1n) is 5.38. The molecule has 0 unspecified atom stereocenters. The van der Waals surface area contributed by atoms with E-state index in [0.29, 0.717) is 11.5 Å². The van der Waals surface area contributed by atoms with E-state index in [4.69, 9.17) is 5.73 Å². The molecule has 0 heterocycles.